The molecule has 0 bridgehead atoms. The van der Waals surface area contributed by atoms with Crippen LogP contribution in [0.2, 0.25) is 0 Å². The van der Waals surface area contributed by atoms with Gasteiger partial charge in [-0.1, -0.05) is 30.3 Å². The van der Waals surface area contributed by atoms with Gasteiger partial charge in [-0.2, -0.15) is 9.78 Å². The second kappa shape index (κ2) is 8.40. The molecule has 0 spiro atoms. The highest BCUT2D eigenvalue weighted by atomic mass is 19.1. The van der Waals surface area contributed by atoms with Gasteiger partial charge >= 0.3 is 0 Å². The number of fused-ring (bicyclic) bond motifs is 2. The van der Waals surface area contributed by atoms with Crippen LogP contribution in [0.3, 0.4) is 0 Å². The number of hydrogen-bond donors (Lipinski definition) is 2. The average molecular weight is 452 g/mol. The van der Waals surface area contributed by atoms with Crippen LogP contribution in [-0.2, 0) is 0 Å². The van der Waals surface area contributed by atoms with Crippen molar-refractivity contribution in [1.82, 2.24) is 14.6 Å². The molecule has 3 aromatic carbocycles. The molecule has 2 aromatic heterocycles. The van der Waals surface area contributed by atoms with Crippen LogP contribution >= 0.6 is 0 Å². The number of nitrogens with one attached hydrogen (secondary N) is 1. The van der Waals surface area contributed by atoms with E-state index in [1.54, 1.807) is 12.1 Å². The molecule has 1 amide bonds. The Balaban J connectivity index is 1.65. The molecule has 0 fully saturated rings. The van der Waals surface area contributed by atoms with Gasteiger partial charge in [0.2, 0.25) is 0 Å². The zero-order valence-corrected chi connectivity index (χ0v) is 18.6. The van der Waals surface area contributed by atoms with E-state index < -0.39 is 5.91 Å². The Bertz CT molecular complexity index is 1570. The first-order valence-electron chi connectivity index (χ1n) is 10.7. The predicted molar refractivity (Wildman–Crippen MR) is 133 cm³/mol. The van der Waals surface area contributed by atoms with E-state index in [0.29, 0.717) is 33.4 Å². The third kappa shape index (κ3) is 3.97. The van der Waals surface area contributed by atoms with Crippen molar-refractivity contribution in [3.63, 3.8) is 0 Å². The summed E-state index contributed by atoms with van der Waals surface area (Å²) in [6.45, 7) is 3.93. The fourth-order valence-corrected chi connectivity index (χ4v) is 3.90. The Kier molecular flexibility index (Phi) is 5.25. The minimum Gasteiger partial charge on any atom is -0.383 e. The van der Waals surface area contributed by atoms with E-state index in [1.165, 1.54) is 23.0 Å². The quantitative estimate of drug-likeness (QED) is 0.373. The number of hydrogen-bond acceptors (Lipinski definition) is 5. The standard InChI is InChI=1S/C26H21FN6O/c1-15-11-16(2)13-19(12-15)30-26(34)22-23-25(32-21-6-4-3-5-20(21)31-23)33(24(22)28)29-14-17-7-9-18(27)10-8-17/h3-14H,28H2,1-2H3,(H,30,34)/b29-14-. The molecule has 0 atom stereocenters. The molecular formula is C26H21FN6O. The molecule has 2 heterocycles. The molecule has 0 aliphatic rings. The molecule has 168 valence electrons. The maximum atomic E-state index is 13.4. The molecule has 8 heteroatoms. The number of nitrogen functional groups attached to an aromatic ring is 1. The lowest BCUT2D eigenvalue weighted by Crippen LogP contribution is -2.14. The normalized spacial score (nSPS) is 11.5. The predicted octanol–water partition coefficient (Wildman–Crippen LogP) is 5.06. The van der Waals surface area contributed by atoms with E-state index in [2.05, 4.69) is 20.4 Å². The van der Waals surface area contributed by atoms with Gasteiger partial charge in [0.05, 0.1) is 17.2 Å². The number of aryl methyl sites for hydroxylation is 2. The van der Waals surface area contributed by atoms with Crippen LogP contribution < -0.4 is 11.1 Å². The Morgan fingerprint density at radius 2 is 1.65 bits per heavy atom. The minimum absolute atomic E-state index is 0.102. The fraction of sp³-hybridized carbons (Fsp3) is 0.0769. The highest BCUT2D eigenvalue weighted by Crippen LogP contribution is 2.29. The number of aromatic nitrogens is 3. The van der Waals surface area contributed by atoms with Crippen molar-refractivity contribution in [1.29, 1.82) is 0 Å². The number of nitrogens with zero attached hydrogens (tertiary/aromatic N) is 4. The van der Waals surface area contributed by atoms with Crippen molar-refractivity contribution < 1.29 is 9.18 Å². The third-order valence-electron chi connectivity index (χ3n) is 5.37. The molecule has 0 radical (unpaired) electrons. The smallest absolute Gasteiger partial charge is 0.261 e. The number of carbonyl (C=O) groups excluding carboxylic acids is 1. The summed E-state index contributed by atoms with van der Waals surface area (Å²) in [6, 6.07) is 19.0. The number of rotatable bonds is 4. The van der Waals surface area contributed by atoms with Crippen LogP contribution in [0, 0.1) is 19.7 Å². The number of nitrogens with two attached hydrogens (primary N) is 1. The molecule has 0 saturated carbocycles. The van der Waals surface area contributed by atoms with Crippen LogP contribution in [0.25, 0.3) is 22.2 Å². The largest absolute Gasteiger partial charge is 0.383 e. The van der Waals surface area contributed by atoms with Crippen LogP contribution in [0.1, 0.15) is 27.0 Å². The maximum absolute atomic E-state index is 13.4. The molecule has 0 unspecified atom stereocenters. The van der Waals surface area contributed by atoms with Gasteiger partial charge in [-0.05, 0) is 66.9 Å². The zero-order chi connectivity index (χ0) is 23.8. The Hall–Kier alpha value is -4.59. The second-order valence-electron chi connectivity index (χ2n) is 8.08. The van der Waals surface area contributed by atoms with Crippen LogP contribution in [0.5, 0.6) is 0 Å². The van der Waals surface area contributed by atoms with Gasteiger partial charge in [0.15, 0.2) is 5.65 Å². The van der Waals surface area contributed by atoms with E-state index in [1.807, 2.05) is 56.3 Å². The monoisotopic (exact) mass is 452 g/mol. The van der Waals surface area contributed by atoms with Crippen molar-refractivity contribution in [3.05, 3.63) is 94.8 Å². The number of para-hydroxylation sites is 2. The van der Waals surface area contributed by atoms with Gasteiger partial charge < -0.3 is 11.1 Å². The van der Waals surface area contributed by atoms with Crippen molar-refractivity contribution in [3.8, 4) is 0 Å². The maximum Gasteiger partial charge on any atom is 0.261 e. The lowest BCUT2D eigenvalue weighted by Gasteiger charge is -2.08. The van der Waals surface area contributed by atoms with Gasteiger partial charge in [-0.15, -0.1) is 0 Å². The molecule has 34 heavy (non-hydrogen) atoms. The zero-order valence-electron chi connectivity index (χ0n) is 18.6. The van der Waals surface area contributed by atoms with E-state index in [-0.39, 0.29) is 17.2 Å². The Morgan fingerprint density at radius 3 is 2.32 bits per heavy atom. The first-order valence-corrected chi connectivity index (χ1v) is 10.7. The Morgan fingerprint density at radius 1 is 1.00 bits per heavy atom. The van der Waals surface area contributed by atoms with Crippen molar-refractivity contribution in [2.45, 2.75) is 13.8 Å². The number of carbonyl (C=O) groups is 1. The van der Waals surface area contributed by atoms with Gasteiger partial charge in [0.25, 0.3) is 5.91 Å². The number of halogens is 1. The van der Waals surface area contributed by atoms with Crippen LogP contribution in [0.15, 0.2) is 71.8 Å². The SMILES string of the molecule is Cc1cc(C)cc(NC(=O)c2c(N)n(/N=C\c3ccc(F)cc3)c3nc4ccccc4nc23)c1. The van der Waals surface area contributed by atoms with Gasteiger partial charge in [-0.25, -0.2) is 14.4 Å². The van der Waals surface area contributed by atoms with Gasteiger partial charge in [-0.3, -0.25) is 4.79 Å². The average Bonchev–Trinajstić information content (AvgIpc) is 3.06. The molecule has 0 aliphatic carbocycles. The van der Waals surface area contributed by atoms with Gasteiger partial charge in [0, 0.05) is 5.69 Å². The van der Waals surface area contributed by atoms with Crippen molar-refractivity contribution >= 4 is 45.8 Å². The van der Waals surface area contributed by atoms with Crippen LogP contribution in [-0.4, -0.2) is 26.8 Å². The van der Waals surface area contributed by atoms with E-state index in [0.717, 1.165) is 11.1 Å². The highest BCUT2D eigenvalue weighted by molar-refractivity contribution is 6.16. The first-order chi connectivity index (χ1) is 16.4. The number of anilines is 2. The third-order valence-corrected chi connectivity index (χ3v) is 5.37. The summed E-state index contributed by atoms with van der Waals surface area (Å²) in [5, 5.41) is 7.36. The molecule has 5 rings (SSSR count). The molecule has 7 nitrogen and oxygen atoms in total. The number of benzene rings is 3. The summed E-state index contributed by atoms with van der Waals surface area (Å²) >= 11 is 0. The summed E-state index contributed by atoms with van der Waals surface area (Å²) in [6.07, 6.45) is 1.53. The van der Waals surface area contributed by atoms with E-state index in [4.69, 9.17) is 5.73 Å². The van der Waals surface area contributed by atoms with E-state index in [9.17, 15) is 9.18 Å². The topological polar surface area (TPSA) is 98.2 Å². The molecule has 5 aromatic rings. The molecule has 3 N–H and O–H groups in total. The fourth-order valence-electron chi connectivity index (χ4n) is 3.90. The summed E-state index contributed by atoms with van der Waals surface area (Å²) in [5.74, 6) is -0.649. The number of amides is 1. The Labute approximate surface area is 194 Å². The lowest BCUT2D eigenvalue weighted by atomic mass is 10.1. The summed E-state index contributed by atoms with van der Waals surface area (Å²) in [7, 11) is 0. The van der Waals surface area contributed by atoms with Gasteiger partial charge in [0.1, 0.15) is 22.7 Å². The van der Waals surface area contributed by atoms with Crippen LogP contribution in [0.4, 0.5) is 15.9 Å². The summed E-state index contributed by atoms with van der Waals surface area (Å²) < 4.78 is 14.6. The first kappa shape index (κ1) is 21.3. The lowest BCUT2D eigenvalue weighted by molar-refractivity contribution is 0.102. The summed E-state index contributed by atoms with van der Waals surface area (Å²) in [4.78, 5) is 22.7. The molecule has 0 aliphatic heterocycles. The molecule has 0 saturated heterocycles. The van der Waals surface area contributed by atoms with E-state index >= 15 is 0 Å². The highest BCUT2D eigenvalue weighted by Gasteiger charge is 2.24. The molecular weight excluding hydrogens is 431 g/mol. The van der Waals surface area contributed by atoms with Crippen molar-refractivity contribution in [2.24, 2.45) is 5.10 Å². The minimum atomic E-state index is -0.409. The second-order valence-corrected chi connectivity index (χ2v) is 8.08. The van der Waals surface area contributed by atoms with Crippen molar-refractivity contribution in [2.75, 3.05) is 11.1 Å². The summed E-state index contributed by atoms with van der Waals surface area (Å²) in [5.41, 5.74) is 12.0.